The highest BCUT2D eigenvalue weighted by Gasteiger charge is 2.17. The third kappa shape index (κ3) is 4.42. The number of carbonyl (C=O) groups excluding carboxylic acids is 2. The first-order chi connectivity index (χ1) is 10.1. The predicted molar refractivity (Wildman–Crippen MR) is 80.7 cm³/mol. The number of rotatable bonds is 4. The molecule has 2 rings (SSSR count). The van der Waals surface area contributed by atoms with Gasteiger partial charge in [-0.2, -0.15) is 0 Å². The maximum atomic E-state index is 12.1. The van der Waals surface area contributed by atoms with Crippen LogP contribution in [0.25, 0.3) is 0 Å². The number of anilines is 1. The highest BCUT2D eigenvalue weighted by molar-refractivity contribution is 6.31. The molecular weight excluding hydrogens is 294 g/mol. The van der Waals surface area contributed by atoms with Crippen LogP contribution in [0.3, 0.4) is 0 Å². The molecule has 0 bridgehead atoms. The number of methoxy groups -OCH3 is 1. The van der Waals surface area contributed by atoms with Gasteiger partial charge in [0.15, 0.2) is 0 Å². The quantitative estimate of drug-likeness (QED) is 0.811. The van der Waals surface area contributed by atoms with Crippen LogP contribution >= 0.6 is 11.6 Å². The number of nitrogens with one attached hydrogen (secondary N) is 2. The van der Waals surface area contributed by atoms with Crippen LogP contribution in [-0.4, -0.2) is 56.6 Å². The Hall–Kier alpha value is -1.63. The maximum absolute atomic E-state index is 12.1. The van der Waals surface area contributed by atoms with Gasteiger partial charge in [0.1, 0.15) is 0 Å². The lowest BCUT2D eigenvalue weighted by Crippen LogP contribution is -2.46. The summed E-state index contributed by atoms with van der Waals surface area (Å²) < 4.78 is 4.70. The molecule has 0 unspecified atom stereocenters. The number of benzene rings is 1. The zero-order chi connectivity index (χ0) is 15.2. The lowest BCUT2D eigenvalue weighted by molar-refractivity contribution is -0.117. The minimum atomic E-state index is -0.510. The molecule has 0 radical (unpaired) electrons. The Bertz CT molecular complexity index is 530. The smallest absolute Gasteiger partial charge is 0.339 e. The molecule has 21 heavy (non-hydrogen) atoms. The van der Waals surface area contributed by atoms with Crippen LogP contribution in [0.2, 0.25) is 5.02 Å². The first-order valence-electron chi connectivity index (χ1n) is 6.71. The SMILES string of the molecule is COC(=O)c1ccc(Cl)cc1NC(=O)CN1CCNCC1. The van der Waals surface area contributed by atoms with Gasteiger partial charge in [-0.1, -0.05) is 11.6 Å². The third-order valence-corrected chi connectivity index (χ3v) is 3.47. The van der Waals surface area contributed by atoms with E-state index < -0.39 is 5.97 Å². The number of carbonyl (C=O) groups is 2. The van der Waals surface area contributed by atoms with Crippen molar-refractivity contribution >= 4 is 29.2 Å². The third-order valence-electron chi connectivity index (χ3n) is 3.24. The van der Waals surface area contributed by atoms with Crippen LogP contribution < -0.4 is 10.6 Å². The predicted octanol–water partition coefficient (Wildman–Crippen LogP) is 0.970. The summed E-state index contributed by atoms with van der Waals surface area (Å²) in [5.74, 6) is -0.687. The van der Waals surface area contributed by atoms with Gasteiger partial charge < -0.3 is 15.4 Å². The average molecular weight is 312 g/mol. The van der Waals surface area contributed by atoms with Crippen molar-refractivity contribution in [2.24, 2.45) is 0 Å². The summed E-state index contributed by atoms with van der Waals surface area (Å²) in [5, 5.41) is 6.40. The number of piperazine rings is 1. The molecule has 0 atom stereocenters. The van der Waals surface area contributed by atoms with Crippen LogP contribution in [0.5, 0.6) is 0 Å². The standard InChI is InChI=1S/C14H18ClN3O3/c1-21-14(20)11-3-2-10(15)8-12(11)17-13(19)9-18-6-4-16-5-7-18/h2-3,8,16H,4-7,9H2,1H3,(H,17,19). The van der Waals surface area contributed by atoms with Crippen molar-refractivity contribution in [3.8, 4) is 0 Å². The molecule has 2 N–H and O–H groups in total. The fourth-order valence-corrected chi connectivity index (χ4v) is 2.34. The molecule has 1 heterocycles. The van der Waals surface area contributed by atoms with Crippen LogP contribution in [0.4, 0.5) is 5.69 Å². The number of hydrogen-bond acceptors (Lipinski definition) is 5. The Kier molecular flexibility index (Phi) is 5.55. The molecule has 1 amide bonds. The molecule has 114 valence electrons. The Morgan fingerprint density at radius 1 is 1.38 bits per heavy atom. The normalized spacial score (nSPS) is 15.5. The fraction of sp³-hybridized carbons (Fsp3) is 0.429. The lowest BCUT2D eigenvalue weighted by Gasteiger charge is -2.26. The van der Waals surface area contributed by atoms with Gasteiger partial charge in [0.25, 0.3) is 0 Å². The van der Waals surface area contributed by atoms with Crippen molar-refractivity contribution in [3.05, 3.63) is 28.8 Å². The highest BCUT2D eigenvalue weighted by Crippen LogP contribution is 2.22. The maximum Gasteiger partial charge on any atom is 0.339 e. The van der Waals surface area contributed by atoms with Gasteiger partial charge >= 0.3 is 5.97 Å². The first kappa shape index (κ1) is 15.8. The molecule has 0 aliphatic carbocycles. The number of nitrogens with zero attached hydrogens (tertiary/aromatic N) is 1. The molecule has 1 aliphatic heterocycles. The van der Waals surface area contributed by atoms with Gasteiger partial charge in [-0.25, -0.2) is 4.79 Å². The van der Waals surface area contributed by atoms with Crippen molar-refractivity contribution in [1.29, 1.82) is 0 Å². The van der Waals surface area contributed by atoms with E-state index in [2.05, 4.69) is 10.6 Å². The summed E-state index contributed by atoms with van der Waals surface area (Å²) in [6.45, 7) is 3.68. The highest BCUT2D eigenvalue weighted by atomic mass is 35.5. The summed E-state index contributed by atoms with van der Waals surface area (Å²) in [5.41, 5.74) is 0.657. The molecular formula is C14H18ClN3O3. The van der Waals surface area contributed by atoms with Crippen LogP contribution in [0, 0.1) is 0 Å². The van der Waals surface area contributed by atoms with Gasteiger partial charge in [0, 0.05) is 31.2 Å². The summed E-state index contributed by atoms with van der Waals surface area (Å²) in [6, 6.07) is 4.66. The monoisotopic (exact) mass is 311 g/mol. The number of hydrogen-bond donors (Lipinski definition) is 2. The molecule has 1 aromatic rings. The second-order valence-corrected chi connectivity index (χ2v) is 5.19. The van der Waals surface area contributed by atoms with E-state index in [4.69, 9.17) is 16.3 Å². The van der Waals surface area contributed by atoms with Crippen molar-refractivity contribution < 1.29 is 14.3 Å². The fourth-order valence-electron chi connectivity index (χ4n) is 2.17. The number of esters is 1. The Labute approximate surface area is 128 Å². The minimum absolute atomic E-state index is 0.177. The van der Waals surface area contributed by atoms with Gasteiger partial charge in [0.2, 0.25) is 5.91 Å². The Balaban J connectivity index is 2.05. The summed E-state index contributed by atoms with van der Waals surface area (Å²) in [4.78, 5) is 25.8. The van der Waals surface area contributed by atoms with E-state index in [0.29, 0.717) is 10.7 Å². The lowest BCUT2D eigenvalue weighted by atomic mass is 10.1. The largest absolute Gasteiger partial charge is 0.465 e. The van der Waals surface area contributed by atoms with Crippen molar-refractivity contribution in [2.75, 3.05) is 45.2 Å². The molecule has 0 spiro atoms. The molecule has 1 saturated heterocycles. The number of ether oxygens (including phenoxy) is 1. The topological polar surface area (TPSA) is 70.7 Å². The molecule has 0 saturated carbocycles. The molecule has 1 fully saturated rings. The van der Waals surface area contributed by atoms with E-state index in [-0.39, 0.29) is 18.0 Å². The summed E-state index contributed by atoms with van der Waals surface area (Å²) in [7, 11) is 1.29. The zero-order valence-corrected chi connectivity index (χ0v) is 12.6. The van der Waals surface area contributed by atoms with Crippen molar-refractivity contribution in [1.82, 2.24) is 10.2 Å². The van der Waals surface area contributed by atoms with E-state index in [0.717, 1.165) is 26.2 Å². The van der Waals surface area contributed by atoms with Crippen LogP contribution in [0.1, 0.15) is 10.4 Å². The van der Waals surface area contributed by atoms with Gasteiger partial charge in [-0.15, -0.1) is 0 Å². The second-order valence-electron chi connectivity index (χ2n) is 4.76. The molecule has 0 aromatic heterocycles. The van der Waals surface area contributed by atoms with Gasteiger partial charge in [-0.3, -0.25) is 9.69 Å². The number of halogens is 1. The van der Waals surface area contributed by atoms with Crippen molar-refractivity contribution in [3.63, 3.8) is 0 Å². The molecule has 1 aromatic carbocycles. The molecule has 1 aliphatic rings. The summed E-state index contributed by atoms with van der Waals surface area (Å²) in [6.07, 6.45) is 0. The summed E-state index contributed by atoms with van der Waals surface area (Å²) >= 11 is 5.92. The first-order valence-corrected chi connectivity index (χ1v) is 7.08. The Morgan fingerprint density at radius 2 is 2.10 bits per heavy atom. The Morgan fingerprint density at radius 3 is 2.76 bits per heavy atom. The van der Waals surface area contributed by atoms with E-state index in [9.17, 15) is 9.59 Å². The van der Waals surface area contributed by atoms with E-state index in [1.165, 1.54) is 13.2 Å². The van der Waals surface area contributed by atoms with Crippen molar-refractivity contribution in [2.45, 2.75) is 0 Å². The van der Waals surface area contributed by atoms with Gasteiger partial charge in [-0.05, 0) is 18.2 Å². The zero-order valence-electron chi connectivity index (χ0n) is 11.8. The van der Waals surface area contributed by atoms with Crippen LogP contribution in [0.15, 0.2) is 18.2 Å². The minimum Gasteiger partial charge on any atom is -0.465 e. The molecule has 6 nitrogen and oxygen atoms in total. The van der Waals surface area contributed by atoms with E-state index in [1.54, 1.807) is 12.1 Å². The average Bonchev–Trinajstić information content (AvgIpc) is 2.47. The number of amides is 1. The van der Waals surface area contributed by atoms with E-state index in [1.807, 2.05) is 4.90 Å². The second kappa shape index (κ2) is 7.40. The van der Waals surface area contributed by atoms with Crippen LogP contribution in [-0.2, 0) is 9.53 Å². The van der Waals surface area contributed by atoms with Gasteiger partial charge in [0.05, 0.1) is 24.9 Å². The van der Waals surface area contributed by atoms with E-state index >= 15 is 0 Å². The molecule has 7 heteroatoms.